The molecule has 0 radical (unpaired) electrons. The minimum atomic E-state index is 0.393. The first-order valence-corrected chi connectivity index (χ1v) is 11.1. The van der Waals surface area contributed by atoms with Crippen LogP contribution >= 0.6 is 0 Å². The van der Waals surface area contributed by atoms with E-state index in [1.165, 1.54) is 16.7 Å². The average molecular weight is 427 g/mol. The van der Waals surface area contributed by atoms with E-state index >= 15 is 0 Å². The summed E-state index contributed by atoms with van der Waals surface area (Å²) in [5.74, 6) is 1.53. The van der Waals surface area contributed by atoms with Crippen LogP contribution in [0.4, 0.5) is 0 Å². The quantitative estimate of drug-likeness (QED) is 0.337. The molecule has 4 aromatic rings. The van der Waals surface area contributed by atoms with Crippen LogP contribution in [0.25, 0.3) is 11.6 Å². The average Bonchev–Trinajstić information content (AvgIpc) is 3.53. The lowest BCUT2D eigenvalue weighted by Gasteiger charge is -2.13. The molecule has 2 heterocycles. The fourth-order valence-corrected chi connectivity index (χ4v) is 3.98. The van der Waals surface area contributed by atoms with E-state index in [1.54, 1.807) is 18.9 Å². The zero-order valence-electron chi connectivity index (χ0n) is 18.0. The van der Waals surface area contributed by atoms with Crippen molar-refractivity contribution in [2.75, 3.05) is 0 Å². The van der Waals surface area contributed by atoms with Crippen molar-refractivity contribution in [2.24, 2.45) is 0 Å². The van der Waals surface area contributed by atoms with Crippen molar-refractivity contribution in [3.8, 4) is 5.75 Å². The third-order valence-electron chi connectivity index (χ3n) is 5.75. The van der Waals surface area contributed by atoms with Gasteiger partial charge >= 0.3 is 0 Å². The van der Waals surface area contributed by atoms with Crippen molar-refractivity contribution in [3.63, 3.8) is 0 Å². The Morgan fingerprint density at radius 1 is 1.00 bits per heavy atom. The number of oxazole rings is 1. The Balaban J connectivity index is 1.11. The van der Waals surface area contributed by atoms with Crippen LogP contribution in [0.2, 0.25) is 0 Å². The van der Waals surface area contributed by atoms with E-state index in [4.69, 9.17) is 9.15 Å². The van der Waals surface area contributed by atoms with Gasteiger partial charge in [0.15, 0.2) is 0 Å². The van der Waals surface area contributed by atoms with E-state index in [0.717, 1.165) is 55.7 Å². The largest absolute Gasteiger partial charge is 0.487 e. The second kappa shape index (κ2) is 9.64. The number of hydrogen-bond acceptors (Lipinski definition) is 5. The van der Waals surface area contributed by atoms with Gasteiger partial charge in [0, 0.05) is 12.1 Å². The highest BCUT2D eigenvalue weighted by molar-refractivity contribution is 5.81. The predicted molar refractivity (Wildman–Crippen MR) is 123 cm³/mol. The molecule has 1 aliphatic carbocycles. The summed E-state index contributed by atoms with van der Waals surface area (Å²) in [5.41, 5.74) is 5.89. The van der Waals surface area contributed by atoms with E-state index in [9.17, 15) is 0 Å². The van der Waals surface area contributed by atoms with Gasteiger partial charge in [-0.15, -0.1) is 0 Å². The zero-order valence-corrected chi connectivity index (χ0v) is 18.0. The maximum Gasteiger partial charge on any atom is 0.222 e. The smallest absolute Gasteiger partial charge is 0.222 e. The number of hydrogen-bond donors (Lipinski definition) is 0. The fourth-order valence-electron chi connectivity index (χ4n) is 3.98. The van der Waals surface area contributed by atoms with Crippen LogP contribution in [0.3, 0.4) is 0 Å². The molecule has 1 aliphatic rings. The van der Waals surface area contributed by atoms with E-state index in [1.807, 2.05) is 16.8 Å². The molecule has 0 N–H and O–H groups in total. The Kier molecular flexibility index (Phi) is 6.10. The second-order valence-corrected chi connectivity index (χ2v) is 8.06. The van der Waals surface area contributed by atoms with Crippen LogP contribution in [-0.2, 0) is 26.0 Å². The third-order valence-corrected chi connectivity index (χ3v) is 5.75. The SMILES string of the molecule is C1=C(c2nc(COc3ccc(CCCCn4cncn4)cc3)co2)CCc2ccccc21. The molecule has 0 fully saturated rings. The van der Waals surface area contributed by atoms with Crippen LogP contribution in [0.1, 0.15) is 47.5 Å². The van der Waals surface area contributed by atoms with Crippen LogP contribution < -0.4 is 4.74 Å². The predicted octanol–water partition coefficient (Wildman–Crippen LogP) is 5.35. The number of fused-ring (bicyclic) bond motifs is 1. The Morgan fingerprint density at radius 3 is 2.78 bits per heavy atom. The van der Waals surface area contributed by atoms with E-state index in [-0.39, 0.29) is 0 Å². The highest BCUT2D eigenvalue weighted by atomic mass is 16.5. The molecule has 6 heteroatoms. The lowest BCUT2D eigenvalue weighted by atomic mass is 9.92. The van der Waals surface area contributed by atoms with Crippen molar-refractivity contribution in [2.45, 2.75) is 45.3 Å². The number of aromatic nitrogens is 4. The highest BCUT2D eigenvalue weighted by Crippen LogP contribution is 2.30. The Hall–Kier alpha value is -3.67. The number of aryl methyl sites for hydroxylation is 3. The molecule has 162 valence electrons. The lowest BCUT2D eigenvalue weighted by molar-refractivity contribution is 0.301. The molecule has 0 spiro atoms. The molecule has 2 aromatic carbocycles. The summed E-state index contributed by atoms with van der Waals surface area (Å²) >= 11 is 0. The zero-order chi connectivity index (χ0) is 21.6. The molecular formula is C26H26N4O2. The molecule has 0 unspecified atom stereocenters. The summed E-state index contributed by atoms with van der Waals surface area (Å²) in [6.45, 7) is 1.30. The van der Waals surface area contributed by atoms with Crippen LogP contribution in [-0.4, -0.2) is 19.7 Å². The molecule has 2 aromatic heterocycles. The van der Waals surface area contributed by atoms with Gasteiger partial charge in [-0.2, -0.15) is 5.10 Å². The lowest BCUT2D eigenvalue weighted by Crippen LogP contribution is -2.00. The van der Waals surface area contributed by atoms with Crippen LogP contribution in [0.5, 0.6) is 5.75 Å². The maximum absolute atomic E-state index is 5.92. The molecule has 0 atom stereocenters. The molecule has 32 heavy (non-hydrogen) atoms. The maximum atomic E-state index is 5.92. The summed E-state index contributed by atoms with van der Waals surface area (Å²) in [4.78, 5) is 8.61. The van der Waals surface area contributed by atoms with Gasteiger partial charge in [0.1, 0.15) is 37.0 Å². The molecule has 0 bridgehead atoms. The van der Waals surface area contributed by atoms with Crippen molar-refractivity contribution < 1.29 is 9.15 Å². The second-order valence-electron chi connectivity index (χ2n) is 8.06. The first-order valence-electron chi connectivity index (χ1n) is 11.1. The molecule has 6 nitrogen and oxygen atoms in total. The summed E-state index contributed by atoms with van der Waals surface area (Å²) in [6.07, 6.45) is 12.4. The summed E-state index contributed by atoms with van der Waals surface area (Å²) in [5, 5.41) is 4.13. The first-order chi connectivity index (χ1) is 15.8. The van der Waals surface area contributed by atoms with E-state index < -0.39 is 0 Å². The Morgan fingerprint density at radius 2 is 1.91 bits per heavy atom. The molecule has 5 rings (SSSR count). The van der Waals surface area contributed by atoms with Gasteiger partial charge in [-0.05, 0) is 67.0 Å². The molecule has 0 aliphatic heterocycles. The Labute approximate surface area is 187 Å². The molecule has 0 saturated heterocycles. The summed E-state index contributed by atoms with van der Waals surface area (Å²) in [7, 11) is 0. The van der Waals surface area contributed by atoms with Gasteiger partial charge in [-0.1, -0.05) is 36.4 Å². The van der Waals surface area contributed by atoms with Gasteiger partial charge in [0.2, 0.25) is 5.89 Å². The number of unbranched alkanes of at least 4 members (excludes halogenated alkanes) is 1. The fraction of sp³-hybridized carbons (Fsp3) is 0.269. The van der Waals surface area contributed by atoms with Crippen molar-refractivity contribution in [1.29, 1.82) is 0 Å². The normalized spacial score (nSPS) is 12.9. The highest BCUT2D eigenvalue weighted by Gasteiger charge is 2.15. The third kappa shape index (κ3) is 4.97. The number of benzene rings is 2. The number of allylic oxidation sites excluding steroid dienone is 1. The van der Waals surface area contributed by atoms with Crippen molar-refractivity contribution in [3.05, 3.63) is 95.7 Å². The standard InChI is InChI=1S/C26H26N4O2/c1-2-7-22-15-23(11-10-21(22)6-1)26-29-24(17-32-26)16-31-25-12-8-20(9-13-25)5-3-4-14-30-19-27-18-28-30/h1-2,6-9,12-13,15,17-19H,3-5,10-11,14,16H2. The first kappa shape index (κ1) is 20.2. The summed E-state index contributed by atoms with van der Waals surface area (Å²) < 4.78 is 13.5. The molecule has 0 amide bonds. The molecular weight excluding hydrogens is 400 g/mol. The molecule has 0 saturated carbocycles. The van der Waals surface area contributed by atoms with E-state index in [0.29, 0.717) is 12.5 Å². The summed E-state index contributed by atoms with van der Waals surface area (Å²) in [6, 6.07) is 16.8. The van der Waals surface area contributed by atoms with Gasteiger partial charge in [-0.3, -0.25) is 4.68 Å². The van der Waals surface area contributed by atoms with E-state index in [2.05, 4.69) is 57.5 Å². The van der Waals surface area contributed by atoms with Crippen LogP contribution in [0.15, 0.2) is 71.9 Å². The van der Waals surface area contributed by atoms with Gasteiger partial charge < -0.3 is 9.15 Å². The number of ether oxygens (including phenoxy) is 1. The number of rotatable bonds is 9. The number of nitrogens with zero attached hydrogens (tertiary/aromatic N) is 4. The Bertz CT molecular complexity index is 1180. The van der Waals surface area contributed by atoms with Gasteiger partial charge in [-0.25, -0.2) is 9.97 Å². The minimum Gasteiger partial charge on any atom is -0.487 e. The van der Waals surface area contributed by atoms with Gasteiger partial charge in [0.05, 0.1) is 0 Å². The van der Waals surface area contributed by atoms with Crippen molar-refractivity contribution in [1.82, 2.24) is 19.7 Å². The minimum absolute atomic E-state index is 0.393. The topological polar surface area (TPSA) is 66.0 Å². The van der Waals surface area contributed by atoms with Crippen molar-refractivity contribution >= 4 is 11.6 Å². The van der Waals surface area contributed by atoms with Crippen LogP contribution in [0, 0.1) is 0 Å². The monoisotopic (exact) mass is 426 g/mol. The van der Waals surface area contributed by atoms with Gasteiger partial charge in [0.25, 0.3) is 0 Å².